The number of rotatable bonds is 5. The van der Waals surface area contributed by atoms with Gasteiger partial charge < -0.3 is 30.5 Å². The summed E-state index contributed by atoms with van der Waals surface area (Å²) in [6.45, 7) is 0.682. The van der Waals surface area contributed by atoms with Gasteiger partial charge in [0, 0.05) is 31.4 Å². The third-order valence-electron chi connectivity index (χ3n) is 8.78. The molecule has 2 heterocycles. The lowest BCUT2D eigenvalue weighted by Gasteiger charge is -2.30. The Morgan fingerprint density at radius 3 is 2.56 bits per heavy atom. The summed E-state index contributed by atoms with van der Waals surface area (Å²) in [4.78, 5) is 56.9. The third kappa shape index (κ3) is 7.91. The van der Waals surface area contributed by atoms with Crippen LogP contribution in [0.15, 0.2) is 91.0 Å². The highest BCUT2D eigenvalue weighted by atomic mass is 19.1. The maximum absolute atomic E-state index is 14.2. The van der Waals surface area contributed by atoms with Crippen LogP contribution in [0.2, 0.25) is 0 Å². The fourth-order valence-electron chi connectivity index (χ4n) is 6.37. The number of fused-ring (bicyclic) bond motifs is 4. The average Bonchev–Trinajstić information content (AvgIpc) is 3.47. The zero-order valence-corrected chi connectivity index (χ0v) is 26.7. The minimum Gasteiger partial charge on any atom is -0.491 e. The molecule has 3 atom stereocenters. The molecule has 1 saturated heterocycles. The van der Waals surface area contributed by atoms with Crippen molar-refractivity contribution in [3.05, 3.63) is 108 Å². The molecule has 4 aromatic carbocycles. The Kier molecular flexibility index (Phi) is 9.84. The van der Waals surface area contributed by atoms with Gasteiger partial charge in [0.1, 0.15) is 24.2 Å². The number of anilines is 1. The first-order valence-electron chi connectivity index (χ1n) is 16.1. The van der Waals surface area contributed by atoms with Gasteiger partial charge in [-0.05, 0) is 72.0 Å². The largest absolute Gasteiger partial charge is 0.491 e. The Labute approximate surface area is 278 Å². The molecule has 0 radical (unpaired) electrons. The van der Waals surface area contributed by atoms with Crippen LogP contribution in [0.5, 0.6) is 5.75 Å². The molecule has 0 aliphatic carbocycles. The minimum atomic E-state index is -0.857. The normalized spacial score (nSPS) is 20.0. The summed E-state index contributed by atoms with van der Waals surface area (Å²) in [6, 6.07) is 24.0. The van der Waals surface area contributed by atoms with Gasteiger partial charge in [-0.15, -0.1) is 0 Å². The first-order valence-corrected chi connectivity index (χ1v) is 16.1. The monoisotopic (exact) mass is 651 g/mol. The number of hydrogen-bond donors (Lipinski definition) is 3. The fraction of sp³-hybridized carbons (Fsp3) is 0.297. The second kappa shape index (κ2) is 14.5. The standard InChI is InChI=1S/C37H38FN5O5/c1-42-16-6-13-33(41-34(44)18-24-14-15-25-7-2-3-8-26(25)17-24)36(46)43-22-30(40-37(47)39-29-11-5-10-28(38)20-29)21-31(43)23-48-32-12-4-9-27(19-32)35(42)45/h2-5,7-12,14-15,17,19-20,30-31,33H,6,13,16,18,21-23H2,1H3,(H,41,44)(H2,39,40,47)/t30-,31-,33-/m0/s1. The predicted octanol–water partition coefficient (Wildman–Crippen LogP) is 4.74. The minimum absolute atomic E-state index is 0.0959. The van der Waals surface area contributed by atoms with E-state index >= 15 is 0 Å². The lowest BCUT2D eigenvalue weighted by molar-refractivity contribution is -0.137. The first-order chi connectivity index (χ1) is 23.2. The highest BCUT2D eigenvalue weighted by Gasteiger charge is 2.39. The fourth-order valence-corrected chi connectivity index (χ4v) is 6.37. The van der Waals surface area contributed by atoms with E-state index in [1.165, 1.54) is 18.2 Å². The number of amides is 5. The molecule has 0 aromatic heterocycles. The van der Waals surface area contributed by atoms with Crippen molar-refractivity contribution < 1.29 is 28.3 Å². The first kappa shape index (κ1) is 32.5. The van der Waals surface area contributed by atoms with Crippen LogP contribution in [0.25, 0.3) is 10.8 Å². The topological polar surface area (TPSA) is 120 Å². The molecule has 4 aromatic rings. The summed E-state index contributed by atoms with van der Waals surface area (Å²) < 4.78 is 19.8. The van der Waals surface area contributed by atoms with E-state index in [-0.39, 0.29) is 37.3 Å². The number of hydrogen-bond acceptors (Lipinski definition) is 5. The Bertz CT molecular complexity index is 1830. The third-order valence-corrected chi connectivity index (χ3v) is 8.78. The van der Waals surface area contributed by atoms with Gasteiger partial charge in [0.2, 0.25) is 11.8 Å². The maximum atomic E-state index is 14.2. The van der Waals surface area contributed by atoms with E-state index in [0.717, 1.165) is 16.3 Å². The summed E-state index contributed by atoms with van der Waals surface area (Å²) in [5, 5.41) is 10.6. The zero-order valence-electron chi connectivity index (χ0n) is 26.7. The quantitative estimate of drug-likeness (QED) is 0.288. The Morgan fingerprint density at radius 1 is 0.917 bits per heavy atom. The second-order valence-corrected chi connectivity index (χ2v) is 12.4. The van der Waals surface area contributed by atoms with E-state index < -0.39 is 30.0 Å². The van der Waals surface area contributed by atoms with Crippen molar-refractivity contribution in [1.82, 2.24) is 20.4 Å². The van der Waals surface area contributed by atoms with Crippen LogP contribution in [0.4, 0.5) is 14.9 Å². The van der Waals surface area contributed by atoms with Crippen molar-refractivity contribution in [3.8, 4) is 5.75 Å². The molecule has 2 bridgehead atoms. The molecule has 3 N–H and O–H groups in total. The van der Waals surface area contributed by atoms with E-state index in [9.17, 15) is 23.6 Å². The van der Waals surface area contributed by atoms with Crippen LogP contribution >= 0.6 is 0 Å². The molecule has 0 unspecified atom stereocenters. The van der Waals surface area contributed by atoms with Crippen LogP contribution in [-0.4, -0.2) is 78.4 Å². The van der Waals surface area contributed by atoms with Gasteiger partial charge >= 0.3 is 6.03 Å². The molecule has 2 aliphatic rings. The predicted molar refractivity (Wildman–Crippen MR) is 180 cm³/mol. The number of halogens is 1. The number of benzene rings is 4. The summed E-state index contributed by atoms with van der Waals surface area (Å²) in [5.41, 5.74) is 1.62. The molecule has 48 heavy (non-hydrogen) atoms. The number of ether oxygens (including phenoxy) is 1. The number of nitrogens with zero attached hydrogens (tertiary/aromatic N) is 2. The Hall–Kier alpha value is -5.45. The van der Waals surface area contributed by atoms with E-state index in [2.05, 4.69) is 16.0 Å². The summed E-state index contributed by atoms with van der Waals surface area (Å²) in [6.07, 6.45) is 1.27. The van der Waals surface area contributed by atoms with E-state index in [1.807, 2.05) is 42.5 Å². The molecule has 248 valence electrons. The van der Waals surface area contributed by atoms with Crippen LogP contribution < -0.4 is 20.7 Å². The molecular formula is C37H38FN5O5. The maximum Gasteiger partial charge on any atom is 0.319 e. The summed E-state index contributed by atoms with van der Waals surface area (Å²) in [5.74, 6) is -0.737. The van der Waals surface area contributed by atoms with E-state index in [4.69, 9.17) is 4.74 Å². The summed E-state index contributed by atoms with van der Waals surface area (Å²) in [7, 11) is 1.71. The van der Waals surface area contributed by atoms with Crippen molar-refractivity contribution in [2.45, 2.75) is 43.8 Å². The van der Waals surface area contributed by atoms with Gasteiger partial charge in [-0.2, -0.15) is 0 Å². The van der Waals surface area contributed by atoms with Crippen molar-refractivity contribution in [1.29, 1.82) is 0 Å². The van der Waals surface area contributed by atoms with E-state index in [0.29, 0.717) is 42.8 Å². The molecule has 1 fully saturated rings. The van der Waals surface area contributed by atoms with Crippen LogP contribution in [-0.2, 0) is 16.0 Å². The van der Waals surface area contributed by atoms with Gasteiger partial charge in [0.15, 0.2) is 0 Å². The van der Waals surface area contributed by atoms with Crippen LogP contribution in [0, 0.1) is 5.82 Å². The SMILES string of the molecule is CN1CCC[C@H](NC(=O)Cc2ccc3ccccc3c2)C(=O)N2C[C@@H](NC(=O)Nc3cccc(F)c3)C[C@H]2COc2cccc(c2)C1=O. The van der Waals surface area contributed by atoms with Gasteiger partial charge in [0.05, 0.1) is 18.5 Å². The molecule has 0 saturated carbocycles. The van der Waals surface area contributed by atoms with Crippen molar-refractivity contribution >= 4 is 40.2 Å². The van der Waals surface area contributed by atoms with Crippen molar-refractivity contribution in [3.63, 3.8) is 0 Å². The number of urea groups is 1. The van der Waals surface area contributed by atoms with Crippen molar-refractivity contribution in [2.75, 3.05) is 32.1 Å². The number of carbonyl (C=O) groups excluding carboxylic acids is 4. The van der Waals surface area contributed by atoms with Crippen LogP contribution in [0.1, 0.15) is 35.2 Å². The lowest BCUT2D eigenvalue weighted by atomic mass is 10.0. The van der Waals surface area contributed by atoms with Gasteiger partial charge in [-0.1, -0.05) is 54.6 Å². The van der Waals surface area contributed by atoms with Crippen LogP contribution in [0.3, 0.4) is 0 Å². The number of carbonyl (C=O) groups is 4. The van der Waals surface area contributed by atoms with E-state index in [1.54, 1.807) is 47.2 Å². The zero-order chi connectivity index (χ0) is 33.6. The second-order valence-electron chi connectivity index (χ2n) is 12.4. The lowest BCUT2D eigenvalue weighted by Crippen LogP contribution is -2.52. The van der Waals surface area contributed by atoms with Gasteiger partial charge in [-0.3, -0.25) is 14.4 Å². The molecule has 6 rings (SSSR count). The van der Waals surface area contributed by atoms with Gasteiger partial charge in [-0.25, -0.2) is 9.18 Å². The summed E-state index contributed by atoms with van der Waals surface area (Å²) >= 11 is 0. The Morgan fingerprint density at radius 2 is 1.73 bits per heavy atom. The molecular weight excluding hydrogens is 613 g/mol. The average molecular weight is 652 g/mol. The smallest absolute Gasteiger partial charge is 0.319 e. The molecule has 11 heteroatoms. The molecule has 2 aliphatic heterocycles. The molecule has 0 spiro atoms. The van der Waals surface area contributed by atoms with Gasteiger partial charge in [0.25, 0.3) is 5.91 Å². The molecule has 5 amide bonds. The highest BCUT2D eigenvalue weighted by molar-refractivity contribution is 5.94. The Balaban J connectivity index is 1.21. The molecule has 10 nitrogen and oxygen atoms in total. The highest BCUT2D eigenvalue weighted by Crippen LogP contribution is 2.24. The number of nitrogens with one attached hydrogen (secondary N) is 3. The van der Waals surface area contributed by atoms with Crippen molar-refractivity contribution in [2.24, 2.45) is 0 Å².